The summed E-state index contributed by atoms with van der Waals surface area (Å²) in [5.74, 6) is 0.0563. The van der Waals surface area contributed by atoms with E-state index in [1.54, 1.807) is 12.1 Å². The van der Waals surface area contributed by atoms with Crippen molar-refractivity contribution in [2.45, 2.75) is 38.3 Å². The second-order valence-corrected chi connectivity index (χ2v) is 7.52. The number of likely N-dealkylation sites (tertiary alicyclic amines) is 1. The van der Waals surface area contributed by atoms with Crippen LogP contribution in [0, 0.1) is 5.92 Å². The number of carbonyl (C=O) groups excluding carboxylic acids is 2. The van der Waals surface area contributed by atoms with Gasteiger partial charge in [-0.25, -0.2) is 0 Å². The van der Waals surface area contributed by atoms with Crippen LogP contribution in [0.5, 0.6) is 0 Å². The Morgan fingerprint density at radius 3 is 2.21 bits per heavy atom. The third-order valence-corrected chi connectivity index (χ3v) is 5.37. The van der Waals surface area contributed by atoms with Crippen molar-refractivity contribution in [3.05, 3.63) is 71.8 Å². The molecule has 148 valence electrons. The predicted octanol–water partition coefficient (Wildman–Crippen LogP) is 3.17. The highest BCUT2D eigenvalue weighted by atomic mass is 16.3. The molecular weight excluding hydrogens is 352 g/mol. The molecule has 0 spiro atoms. The first-order valence-electron chi connectivity index (χ1n) is 9.91. The van der Waals surface area contributed by atoms with Gasteiger partial charge in [-0.1, -0.05) is 48.5 Å². The fourth-order valence-corrected chi connectivity index (χ4v) is 3.73. The van der Waals surface area contributed by atoms with E-state index in [-0.39, 0.29) is 30.2 Å². The molecule has 1 saturated heterocycles. The third-order valence-electron chi connectivity index (χ3n) is 5.37. The maximum atomic E-state index is 12.6. The van der Waals surface area contributed by atoms with Gasteiger partial charge in [0.1, 0.15) is 0 Å². The molecule has 28 heavy (non-hydrogen) atoms. The van der Waals surface area contributed by atoms with E-state index in [1.807, 2.05) is 60.4 Å². The molecule has 2 aromatic rings. The monoisotopic (exact) mass is 380 g/mol. The van der Waals surface area contributed by atoms with Gasteiger partial charge in [-0.3, -0.25) is 9.59 Å². The molecule has 0 aliphatic carbocycles. The zero-order valence-corrected chi connectivity index (χ0v) is 16.3. The lowest BCUT2D eigenvalue weighted by Gasteiger charge is -2.35. The van der Waals surface area contributed by atoms with Crippen LogP contribution in [0.3, 0.4) is 0 Å². The van der Waals surface area contributed by atoms with Crippen molar-refractivity contribution in [1.82, 2.24) is 10.2 Å². The van der Waals surface area contributed by atoms with E-state index in [1.165, 1.54) is 0 Å². The van der Waals surface area contributed by atoms with Crippen molar-refractivity contribution in [3.8, 4) is 0 Å². The van der Waals surface area contributed by atoms with Gasteiger partial charge >= 0.3 is 0 Å². The summed E-state index contributed by atoms with van der Waals surface area (Å²) in [5.41, 5.74) is 1.53. The number of rotatable bonds is 6. The lowest BCUT2D eigenvalue weighted by atomic mass is 9.87. The Kier molecular flexibility index (Phi) is 6.82. The number of aliphatic hydroxyl groups excluding tert-OH is 1. The molecule has 0 radical (unpaired) electrons. The minimum absolute atomic E-state index is 0.0495. The van der Waals surface area contributed by atoms with Gasteiger partial charge in [-0.2, -0.15) is 0 Å². The number of carbonyl (C=O) groups is 2. The first kappa shape index (κ1) is 20.1. The van der Waals surface area contributed by atoms with E-state index in [9.17, 15) is 14.7 Å². The van der Waals surface area contributed by atoms with Crippen LogP contribution in [0.25, 0.3) is 0 Å². The first-order chi connectivity index (χ1) is 13.5. The second-order valence-electron chi connectivity index (χ2n) is 7.52. The number of piperidine rings is 1. The molecule has 5 nitrogen and oxygen atoms in total. The molecule has 2 unspecified atom stereocenters. The van der Waals surface area contributed by atoms with Crippen LogP contribution >= 0.6 is 0 Å². The van der Waals surface area contributed by atoms with E-state index >= 15 is 0 Å². The molecule has 1 aliphatic heterocycles. The topological polar surface area (TPSA) is 69.6 Å². The number of nitrogens with zero attached hydrogens (tertiary/aromatic N) is 1. The number of nitrogens with one attached hydrogen (secondary N) is 1. The maximum Gasteiger partial charge on any atom is 0.251 e. The molecule has 1 fully saturated rings. The SMILES string of the molecule is CC(CC(=O)N1CCC(C(O)c2ccccc2)CC1)NC(=O)c1ccccc1. The Morgan fingerprint density at radius 2 is 1.61 bits per heavy atom. The molecule has 0 saturated carbocycles. The number of hydrogen-bond donors (Lipinski definition) is 2. The summed E-state index contributed by atoms with van der Waals surface area (Å²) in [6, 6.07) is 18.5. The number of aliphatic hydroxyl groups is 1. The molecule has 2 amide bonds. The van der Waals surface area contributed by atoms with Gasteiger partial charge in [0.25, 0.3) is 5.91 Å². The van der Waals surface area contributed by atoms with Gasteiger partial charge in [0.15, 0.2) is 0 Å². The lowest BCUT2D eigenvalue weighted by molar-refractivity contribution is -0.133. The summed E-state index contributed by atoms with van der Waals surface area (Å²) >= 11 is 0. The molecule has 0 aromatic heterocycles. The number of benzene rings is 2. The molecule has 2 N–H and O–H groups in total. The van der Waals surface area contributed by atoms with Crippen molar-refractivity contribution in [3.63, 3.8) is 0 Å². The molecular formula is C23H28N2O3. The maximum absolute atomic E-state index is 12.6. The number of amides is 2. The van der Waals surface area contributed by atoms with E-state index in [0.29, 0.717) is 18.7 Å². The van der Waals surface area contributed by atoms with Gasteiger partial charge in [0, 0.05) is 31.1 Å². The fraction of sp³-hybridized carbons (Fsp3) is 0.391. The Morgan fingerprint density at radius 1 is 1.04 bits per heavy atom. The Hall–Kier alpha value is -2.66. The Labute approximate surface area is 166 Å². The van der Waals surface area contributed by atoms with Gasteiger partial charge in [-0.15, -0.1) is 0 Å². The Bertz CT molecular complexity index is 771. The van der Waals surface area contributed by atoms with Gasteiger partial charge in [-0.05, 0) is 43.4 Å². The van der Waals surface area contributed by atoms with Crippen molar-refractivity contribution >= 4 is 11.8 Å². The van der Waals surface area contributed by atoms with Gasteiger partial charge < -0.3 is 15.3 Å². The molecule has 3 rings (SSSR count). The zero-order valence-electron chi connectivity index (χ0n) is 16.3. The number of hydrogen-bond acceptors (Lipinski definition) is 3. The molecule has 5 heteroatoms. The summed E-state index contributed by atoms with van der Waals surface area (Å²) in [6.07, 6.45) is 1.37. The van der Waals surface area contributed by atoms with Crippen LogP contribution < -0.4 is 5.32 Å². The standard InChI is InChI=1S/C23H28N2O3/c1-17(24-23(28)20-10-6-3-7-11-20)16-21(26)25-14-12-19(13-15-25)22(27)18-8-4-2-5-9-18/h2-11,17,19,22,27H,12-16H2,1H3,(H,24,28). The van der Waals surface area contributed by atoms with Crippen molar-refractivity contribution in [2.75, 3.05) is 13.1 Å². The molecule has 2 atom stereocenters. The summed E-state index contributed by atoms with van der Waals surface area (Å²) in [5, 5.41) is 13.5. The van der Waals surface area contributed by atoms with Crippen LogP contribution in [0.4, 0.5) is 0 Å². The quantitative estimate of drug-likeness (QED) is 0.809. The minimum Gasteiger partial charge on any atom is -0.388 e. The normalized spacial score (nSPS) is 17.0. The largest absolute Gasteiger partial charge is 0.388 e. The average Bonchev–Trinajstić information content (AvgIpc) is 2.74. The average molecular weight is 380 g/mol. The van der Waals surface area contributed by atoms with E-state index in [2.05, 4.69) is 5.32 Å². The second kappa shape index (κ2) is 9.51. The van der Waals surface area contributed by atoms with Gasteiger partial charge in [0.05, 0.1) is 6.10 Å². The van der Waals surface area contributed by atoms with E-state index in [0.717, 1.165) is 18.4 Å². The zero-order chi connectivity index (χ0) is 19.9. The Balaban J connectivity index is 1.45. The van der Waals surface area contributed by atoms with Crippen LogP contribution in [-0.2, 0) is 4.79 Å². The van der Waals surface area contributed by atoms with Crippen LogP contribution in [0.15, 0.2) is 60.7 Å². The summed E-state index contributed by atoms with van der Waals surface area (Å²) in [4.78, 5) is 26.6. The van der Waals surface area contributed by atoms with E-state index < -0.39 is 6.10 Å². The predicted molar refractivity (Wildman–Crippen MR) is 109 cm³/mol. The third kappa shape index (κ3) is 5.20. The molecule has 1 aliphatic rings. The minimum atomic E-state index is -0.484. The van der Waals surface area contributed by atoms with Crippen LogP contribution in [0.1, 0.15) is 48.2 Å². The highest BCUT2D eigenvalue weighted by Gasteiger charge is 2.28. The van der Waals surface area contributed by atoms with Crippen LogP contribution in [-0.4, -0.2) is 41.0 Å². The van der Waals surface area contributed by atoms with Crippen molar-refractivity contribution in [2.24, 2.45) is 5.92 Å². The first-order valence-corrected chi connectivity index (χ1v) is 9.91. The summed E-state index contributed by atoms with van der Waals surface area (Å²) < 4.78 is 0. The highest BCUT2D eigenvalue weighted by Crippen LogP contribution is 2.30. The molecule has 2 aromatic carbocycles. The lowest BCUT2D eigenvalue weighted by Crippen LogP contribution is -2.43. The highest BCUT2D eigenvalue weighted by molar-refractivity contribution is 5.94. The summed E-state index contributed by atoms with van der Waals surface area (Å²) in [6.45, 7) is 3.14. The smallest absolute Gasteiger partial charge is 0.251 e. The van der Waals surface area contributed by atoms with E-state index in [4.69, 9.17) is 0 Å². The molecule has 1 heterocycles. The van der Waals surface area contributed by atoms with Gasteiger partial charge in [0.2, 0.25) is 5.91 Å². The summed E-state index contributed by atoms with van der Waals surface area (Å²) in [7, 11) is 0. The van der Waals surface area contributed by atoms with Crippen molar-refractivity contribution < 1.29 is 14.7 Å². The fourth-order valence-electron chi connectivity index (χ4n) is 3.73. The van der Waals surface area contributed by atoms with Crippen molar-refractivity contribution in [1.29, 1.82) is 0 Å². The van der Waals surface area contributed by atoms with Crippen LogP contribution in [0.2, 0.25) is 0 Å². The molecule has 0 bridgehead atoms.